The Balaban J connectivity index is 1.45. The molecule has 0 amide bonds. The maximum absolute atomic E-state index is 13.1. The average molecular weight is 1180 g/mol. The van der Waals surface area contributed by atoms with Gasteiger partial charge in [0.05, 0.1) is 51.4 Å². The largest absolute Gasteiger partial charge is 0.338 e. The zero-order chi connectivity index (χ0) is 57.0. The molecule has 4 heterocycles. The normalized spacial score (nSPS) is 12.7. The number of nitriles is 1. The number of benzene rings is 4. The molecule has 0 unspecified atom stereocenters. The summed E-state index contributed by atoms with van der Waals surface area (Å²) in [6.45, 7) is 14.4. The number of nitrogens with one attached hydrogen (secondary N) is 1. The number of thiazole rings is 2. The molecule has 0 fully saturated rings. The fourth-order valence-electron chi connectivity index (χ4n) is 8.85. The van der Waals surface area contributed by atoms with Gasteiger partial charge in [-0.2, -0.15) is 48.7 Å². The fourth-order valence-corrected chi connectivity index (χ4v) is 13.4. The van der Waals surface area contributed by atoms with Crippen LogP contribution >= 0.6 is 22.7 Å². The zero-order valence-corrected chi connectivity index (χ0v) is 48.0. The summed E-state index contributed by atoms with van der Waals surface area (Å²) in [5.74, 6) is -0.123. The van der Waals surface area contributed by atoms with Crippen LogP contribution < -0.4 is 10.2 Å². The molecule has 8 aromatic rings. The van der Waals surface area contributed by atoms with Crippen LogP contribution in [0.3, 0.4) is 0 Å². The van der Waals surface area contributed by atoms with E-state index in [1.54, 1.807) is 30.0 Å². The molecule has 0 bridgehead atoms. The summed E-state index contributed by atoms with van der Waals surface area (Å²) in [6.07, 6.45) is 2.49. The molecule has 4 aromatic heterocycles. The first-order valence-electron chi connectivity index (χ1n) is 24.0. The number of anilines is 5. The van der Waals surface area contributed by atoms with Gasteiger partial charge >= 0.3 is 0 Å². The van der Waals surface area contributed by atoms with Crippen molar-refractivity contribution in [2.24, 2.45) is 22.1 Å². The van der Waals surface area contributed by atoms with Gasteiger partial charge in [0.15, 0.2) is 16.8 Å². The molecule has 78 heavy (non-hydrogen) atoms. The zero-order valence-electron chi connectivity index (χ0n) is 43.1. The van der Waals surface area contributed by atoms with E-state index in [9.17, 15) is 57.1 Å². The fraction of sp³-hybridized carbons (Fsp3) is 0.300. The van der Waals surface area contributed by atoms with Crippen LogP contribution in [0, 0.1) is 43.9 Å². The number of hydrogen-bond acceptors (Lipinski definition) is 19. The second-order valence-electron chi connectivity index (χ2n) is 19.2. The van der Waals surface area contributed by atoms with E-state index in [1.807, 2.05) is 34.6 Å². The van der Waals surface area contributed by atoms with Gasteiger partial charge in [0.25, 0.3) is 40.5 Å². The molecular formula is C50H52N10O12S6. The molecule has 0 aliphatic heterocycles. The number of pyridine rings is 1. The molecule has 410 valence electrons. The maximum atomic E-state index is 13.1. The Hall–Kier alpha value is -6.65. The first-order chi connectivity index (χ1) is 36.5. The van der Waals surface area contributed by atoms with E-state index >= 15 is 0 Å². The quantitative estimate of drug-likeness (QED) is 0.0371. The third kappa shape index (κ3) is 12.0. The number of fused-ring (bicyclic) bond motifs is 2. The van der Waals surface area contributed by atoms with Crippen molar-refractivity contribution in [3.63, 3.8) is 0 Å². The van der Waals surface area contributed by atoms with Crippen LogP contribution in [0.2, 0.25) is 0 Å². The number of aryl methyl sites for hydroxylation is 2. The highest BCUT2D eigenvalue weighted by Crippen LogP contribution is 2.47. The van der Waals surface area contributed by atoms with Crippen molar-refractivity contribution in [1.82, 2.24) is 24.7 Å². The molecule has 0 atom stereocenters. The van der Waals surface area contributed by atoms with Crippen molar-refractivity contribution in [1.29, 1.82) is 5.26 Å². The molecule has 0 saturated heterocycles. The first-order valence-corrected chi connectivity index (χ1v) is 31.4. The summed E-state index contributed by atoms with van der Waals surface area (Å²) in [7, 11) is -18.9. The lowest BCUT2D eigenvalue weighted by Gasteiger charge is -2.28. The SMILES string of the molecule is CCCCc1nn(-c2nc3ccc(S(=O)(=O)O)cc3s2)c(/N=N\c2c(C)cc(N(c3nc4ccc(S(=O)(=O)O)cc4s3)c3c(CC(C)C)ccc(S(=O)(=O)O)c3C)nc2Nc2c(CC(C)C)ccc(S(=O)(=O)O)c2C)c1C#N. The second kappa shape index (κ2) is 21.9. The molecule has 0 aliphatic carbocycles. The van der Waals surface area contributed by atoms with Gasteiger partial charge in [-0.05, 0) is 141 Å². The summed E-state index contributed by atoms with van der Waals surface area (Å²) in [5, 5.41) is 28.5. The minimum atomic E-state index is -4.86. The highest BCUT2D eigenvalue weighted by Gasteiger charge is 2.31. The predicted molar refractivity (Wildman–Crippen MR) is 297 cm³/mol. The van der Waals surface area contributed by atoms with Crippen molar-refractivity contribution in [3.8, 4) is 11.2 Å². The third-order valence-electron chi connectivity index (χ3n) is 12.4. The van der Waals surface area contributed by atoms with Crippen LogP contribution in [0.4, 0.5) is 39.6 Å². The van der Waals surface area contributed by atoms with E-state index in [2.05, 4.69) is 21.5 Å². The van der Waals surface area contributed by atoms with Gasteiger partial charge in [-0.25, -0.2) is 15.0 Å². The van der Waals surface area contributed by atoms with E-state index < -0.39 is 55.2 Å². The van der Waals surface area contributed by atoms with E-state index in [0.717, 1.165) is 29.1 Å². The first kappa shape index (κ1) is 57.5. The molecule has 0 radical (unpaired) electrons. The average Bonchev–Trinajstić information content (AvgIpc) is 4.18. The maximum Gasteiger partial charge on any atom is 0.294 e. The molecule has 0 aliphatic rings. The summed E-state index contributed by atoms with van der Waals surface area (Å²) < 4.78 is 144. The number of aromatic nitrogens is 5. The van der Waals surface area contributed by atoms with Crippen LogP contribution in [0.25, 0.3) is 25.6 Å². The summed E-state index contributed by atoms with van der Waals surface area (Å²) >= 11 is 1.98. The molecule has 22 nitrogen and oxygen atoms in total. The van der Waals surface area contributed by atoms with E-state index in [-0.39, 0.29) is 83.7 Å². The van der Waals surface area contributed by atoms with Gasteiger partial charge < -0.3 is 5.32 Å². The Kier molecular flexibility index (Phi) is 16.1. The van der Waals surface area contributed by atoms with Crippen LogP contribution in [-0.2, 0) is 59.7 Å². The number of azo groups is 1. The van der Waals surface area contributed by atoms with Crippen molar-refractivity contribution < 1.29 is 51.9 Å². The van der Waals surface area contributed by atoms with Crippen LogP contribution in [0.1, 0.15) is 86.5 Å². The molecule has 4 aromatic carbocycles. The van der Waals surface area contributed by atoms with Crippen molar-refractivity contribution in [2.75, 3.05) is 10.2 Å². The molecule has 28 heteroatoms. The van der Waals surface area contributed by atoms with Gasteiger partial charge in [-0.15, -0.1) is 10.2 Å². The Labute approximate surface area is 458 Å². The standard InChI is InChI=1S/C50H52N10O12S6/c1-9-10-11-36-35(25-51)48(60(58-36)50-53-38-17-15-34(76(64,65)66)24-40(38)74-50)57-56-44-28(6)22-43(54-47(44)55-45-29(7)41(77(67,68)69)18-12-31(45)20-26(2)3)59(49-52-37-16-14-33(75(61,62)63)23-39(37)73-49)46-30(8)42(78(70,71)72)19-13-32(46)21-27(4)5/h12-19,22-24,26-27H,9-11,20-21H2,1-8H3,(H,54,55)(H,61,62,63)(H,64,65,66)(H,67,68,69)(H,70,71,72)/b57-56-. The topological polar surface area (TPSA) is 338 Å². The number of hydrogen-bond donors (Lipinski definition) is 5. The lowest BCUT2D eigenvalue weighted by Crippen LogP contribution is -2.18. The van der Waals surface area contributed by atoms with Gasteiger partial charge in [0.2, 0.25) is 5.13 Å². The molecular weight excluding hydrogens is 1130 g/mol. The number of unbranched alkanes of at least 4 members (excludes halogenated alkanes) is 1. The van der Waals surface area contributed by atoms with Crippen molar-refractivity contribution in [3.05, 3.63) is 106 Å². The lowest BCUT2D eigenvalue weighted by atomic mass is 9.97. The summed E-state index contributed by atoms with van der Waals surface area (Å²) in [6, 6.07) is 17.1. The van der Waals surface area contributed by atoms with E-state index in [0.29, 0.717) is 63.0 Å². The van der Waals surface area contributed by atoms with Crippen LogP contribution in [-0.4, -0.2) is 76.6 Å². The lowest BCUT2D eigenvalue weighted by molar-refractivity contribution is 0.480. The Morgan fingerprint density at radius 2 is 1.27 bits per heavy atom. The highest BCUT2D eigenvalue weighted by atomic mass is 32.2. The van der Waals surface area contributed by atoms with Crippen LogP contribution in [0.15, 0.2) is 96.5 Å². The van der Waals surface area contributed by atoms with Crippen molar-refractivity contribution >= 4 is 123 Å². The minimum Gasteiger partial charge on any atom is -0.338 e. The Bertz CT molecular complexity index is 4260. The Morgan fingerprint density at radius 1 is 0.705 bits per heavy atom. The van der Waals surface area contributed by atoms with E-state index in [1.165, 1.54) is 67.1 Å². The van der Waals surface area contributed by atoms with Crippen LogP contribution in [0.5, 0.6) is 0 Å². The summed E-state index contributed by atoms with van der Waals surface area (Å²) in [4.78, 5) is 14.6. The van der Waals surface area contributed by atoms with Gasteiger partial charge in [-0.3, -0.25) is 23.1 Å². The summed E-state index contributed by atoms with van der Waals surface area (Å²) in [5.41, 5.74) is 3.22. The molecule has 0 saturated carbocycles. The molecule has 5 N–H and O–H groups in total. The third-order valence-corrected chi connectivity index (χ3v) is 18.1. The predicted octanol–water partition coefficient (Wildman–Crippen LogP) is 11.6. The van der Waals surface area contributed by atoms with Gasteiger partial charge in [0, 0.05) is 5.69 Å². The van der Waals surface area contributed by atoms with Gasteiger partial charge in [0.1, 0.15) is 23.1 Å². The monoisotopic (exact) mass is 1180 g/mol. The van der Waals surface area contributed by atoms with E-state index in [4.69, 9.17) is 20.2 Å². The highest BCUT2D eigenvalue weighted by molar-refractivity contribution is 7.86. The van der Waals surface area contributed by atoms with Crippen molar-refractivity contribution in [2.45, 2.75) is 107 Å². The number of rotatable bonds is 19. The molecule has 8 rings (SSSR count). The minimum absolute atomic E-state index is 0.0174. The second-order valence-corrected chi connectivity index (χ2v) is 26.8. The molecule has 0 spiro atoms. The smallest absolute Gasteiger partial charge is 0.294 e. The Morgan fingerprint density at radius 3 is 1.83 bits per heavy atom. The number of nitrogens with zero attached hydrogens (tertiary/aromatic N) is 9. The van der Waals surface area contributed by atoms with Gasteiger partial charge in [-0.1, -0.05) is 75.8 Å².